The molecule has 7 heteroatoms. The molecule has 0 bridgehead atoms. The SMILES string of the molecule is CCCCn1c(-c2ccccc2)nc(Cl)c1CN(Cc1cccc(C#N)c1)Cc1ccc2c(c1)OCCO2. The van der Waals surface area contributed by atoms with Crippen LogP contribution in [0.2, 0.25) is 5.15 Å². The molecule has 0 radical (unpaired) electrons. The Kier molecular flexibility index (Phi) is 8.28. The van der Waals surface area contributed by atoms with Gasteiger partial charge >= 0.3 is 0 Å². The van der Waals surface area contributed by atoms with Gasteiger partial charge in [-0.15, -0.1) is 0 Å². The lowest BCUT2D eigenvalue weighted by Crippen LogP contribution is -2.25. The lowest BCUT2D eigenvalue weighted by Gasteiger charge is -2.25. The predicted octanol–water partition coefficient (Wildman–Crippen LogP) is 6.85. The largest absolute Gasteiger partial charge is 0.486 e. The first-order chi connectivity index (χ1) is 18.6. The quantitative estimate of drug-likeness (QED) is 0.226. The number of halogens is 1. The summed E-state index contributed by atoms with van der Waals surface area (Å²) in [4.78, 5) is 7.14. The number of ether oxygens (including phenoxy) is 2. The zero-order valence-corrected chi connectivity index (χ0v) is 22.3. The van der Waals surface area contributed by atoms with Crippen molar-refractivity contribution in [3.05, 3.63) is 100 Å². The maximum atomic E-state index is 9.43. The average Bonchev–Trinajstić information content (AvgIpc) is 3.26. The molecule has 0 saturated heterocycles. The highest BCUT2D eigenvalue weighted by Crippen LogP contribution is 2.32. The van der Waals surface area contributed by atoms with E-state index in [2.05, 4.69) is 52.8 Å². The van der Waals surface area contributed by atoms with Crippen LogP contribution < -0.4 is 9.47 Å². The molecule has 5 rings (SSSR count). The molecule has 0 unspecified atom stereocenters. The standard InChI is InChI=1S/C31H31ClN4O2/c1-2-3-14-36-27(30(32)34-31(36)26-10-5-4-6-11-26)22-35(20-24-9-7-8-23(17-24)19-33)21-25-12-13-28-29(18-25)38-16-15-37-28/h4-13,17-18H,2-3,14-16,20-22H2,1H3. The number of rotatable bonds is 10. The highest BCUT2D eigenvalue weighted by Gasteiger charge is 2.21. The van der Waals surface area contributed by atoms with E-state index >= 15 is 0 Å². The van der Waals surface area contributed by atoms with Crippen LogP contribution in [0.4, 0.5) is 0 Å². The van der Waals surface area contributed by atoms with Gasteiger partial charge in [-0.25, -0.2) is 4.98 Å². The topological polar surface area (TPSA) is 63.3 Å². The van der Waals surface area contributed by atoms with Gasteiger partial charge in [0.05, 0.1) is 17.3 Å². The minimum Gasteiger partial charge on any atom is -0.486 e. The van der Waals surface area contributed by atoms with E-state index in [1.54, 1.807) is 0 Å². The van der Waals surface area contributed by atoms with E-state index in [0.29, 0.717) is 43.6 Å². The Morgan fingerprint density at radius 1 is 0.921 bits per heavy atom. The molecule has 1 aliphatic heterocycles. The first-order valence-corrected chi connectivity index (χ1v) is 13.4. The van der Waals surface area contributed by atoms with E-state index in [0.717, 1.165) is 59.1 Å². The molecule has 0 N–H and O–H groups in total. The van der Waals surface area contributed by atoms with E-state index < -0.39 is 0 Å². The summed E-state index contributed by atoms with van der Waals surface area (Å²) in [6.45, 7) is 6.08. The van der Waals surface area contributed by atoms with Crippen molar-refractivity contribution >= 4 is 11.6 Å². The average molecular weight is 527 g/mol. The van der Waals surface area contributed by atoms with E-state index in [1.807, 2.05) is 42.5 Å². The normalized spacial score (nSPS) is 12.5. The summed E-state index contributed by atoms with van der Waals surface area (Å²) in [6.07, 6.45) is 2.11. The summed E-state index contributed by atoms with van der Waals surface area (Å²) >= 11 is 6.83. The molecular weight excluding hydrogens is 496 g/mol. The number of fused-ring (bicyclic) bond motifs is 1. The Bertz CT molecular complexity index is 1430. The van der Waals surface area contributed by atoms with E-state index in [9.17, 15) is 5.26 Å². The second-order valence-electron chi connectivity index (χ2n) is 9.48. The number of nitriles is 1. The van der Waals surface area contributed by atoms with Gasteiger partial charge in [0, 0.05) is 31.7 Å². The van der Waals surface area contributed by atoms with Gasteiger partial charge in [0.25, 0.3) is 0 Å². The molecule has 0 saturated carbocycles. The summed E-state index contributed by atoms with van der Waals surface area (Å²) < 4.78 is 13.8. The van der Waals surface area contributed by atoms with Gasteiger partial charge in [0.15, 0.2) is 16.7 Å². The van der Waals surface area contributed by atoms with E-state index in [-0.39, 0.29) is 0 Å². The Morgan fingerprint density at radius 2 is 1.68 bits per heavy atom. The van der Waals surface area contributed by atoms with Crippen molar-refractivity contribution in [2.75, 3.05) is 13.2 Å². The third kappa shape index (κ3) is 6.02. The minimum atomic E-state index is 0.526. The fourth-order valence-electron chi connectivity index (χ4n) is 4.79. The zero-order valence-electron chi connectivity index (χ0n) is 21.6. The Balaban J connectivity index is 1.49. The zero-order chi connectivity index (χ0) is 26.3. The monoisotopic (exact) mass is 526 g/mol. The molecule has 2 heterocycles. The van der Waals surface area contributed by atoms with Crippen LogP contribution in [0, 0.1) is 11.3 Å². The molecule has 4 aromatic rings. The molecule has 0 spiro atoms. The first kappa shape index (κ1) is 25.8. The maximum Gasteiger partial charge on any atom is 0.161 e. The lowest BCUT2D eigenvalue weighted by atomic mass is 10.1. The van der Waals surface area contributed by atoms with E-state index in [4.69, 9.17) is 26.1 Å². The van der Waals surface area contributed by atoms with Gasteiger partial charge in [-0.3, -0.25) is 4.90 Å². The number of hydrogen-bond donors (Lipinski definition) is 0. The van der Waals surface area contributed by atoms with Gasteiger partial charge in [-0.1, -0.05) is 73.5 Å². The molecule has 1 aromatic heterocycles. The smallest absolute Gasteiger partial charge is 0.161 e. The third-order valence-electron chi connectivity index (χ3n) is 6.64. The molecule has 0 amide bonds. The Hall–Kier alpha value is -3.79. The van der Waals surface area contributed by atoms with Crippen LogP contribution in [0.5, 0.6) is 11.5 Å². The molecule has 194 valence electrons. The van der Waals surface area contributed by atoms with Crippen molar-refractivity contribution in [3.8, 4) is 29.0 Å². The Morgan fingerprint density at radius 3 is 2.45 bits per heavy atom. The van der Waals surface area contributed by atoms with Gasteiger partial charge in [-0.2, -0.15) is 5.26 Å². The molecule has 0 atom stereocenters. The third-order valence-corrected chi connectivity index (χ3v) is 6.94. The molecule has 6 nitrogen and oxygen atoms in total. The van der Waals surface area contributed by atoms with Crippen molar-refractivity contribution < 1.29 is 9.47 Å². The van der Waals surface area contributed by atoms with Crippen LogP contribution in [-0.4, -0.2) is 27.7 Å². The van der Waals surface area contributed by atoms with Crippen molar-refractivity contribution in [3.63, 3.8) is 0 Å². The fourth-order valence-corrected chi connectivity index (χ4v) is 5.04. The molecule has 1 aliphatic rings. The van der Waals surface area contributed by atoms with Gasteiger partial charge < -0.3 is 14.0 Å². The van der Waals surface area contributed by atoms with Crippen molar-refractivity contribution in [1.82, 2.24) is 14.5 Å². The summed E-state index contributed by atoms with van der Waals surface area (Å²) in [7, 11) is 0. The predicted molar refractivity (Wildman–Crippen MR) is 149 cm³/mol. The minimum absolute atomic E-state index is 0.526. The molecule has 3 aromatic carbocycles. The molecular formula is C31H31ClN4O2. The highest BCUT2D eigenvalue weighted by molar-refractivity contribution is 6.30. The molecule has 38 heavy (non-hydrogen) atoms. The molecule has 0 fully saturated rings. The van der Waals surface area contributed by atoms with Gasteiger partial charge in [-0.05, 0) is 41.8 Å². The lowest BCUT2D eigenvalue weighted by molar-refractivity contribution is 0.170. The van der Waals surface area contributed by atoms with Crippen LogP contribution in [-0.2, 0) is 26.2 Å². The van der Waals surface area contributed by atoms with E-state index in [1.165, 1.54) is 0 Å². The number of unbranched alkanes of at least 4 members (excludes halogenated alkanes) is 1. The van der Waals surface area contributed by atoms with Crippen LogP contribution in [0.1, 0.15) is 42.1 Å². The summed E-state index contributed by atoms with van der Waals surface area (Å²) in [5, 5.41) is 9.95. The van der Waals surface area contributed by atoms with Crippen LogP contribution in [0.25, 0.3) is 11.4 Å². The number of imidazole rings is 1. The number of nitrogens with zero attached hydrogens (tertiary/aromatic N) is 4. The number of aromatic nitrogens is 2. The van der Waals surface area contributed by atoms with Gasteiger partial charge in [0.2, 0.25) is 0 Å². The fraction of sp³-hybridized carbons (Fsp3) is 0.290. The van der Waals surface area contributed by atoms with Crippen LogP contribution in [0.15, 0.2) is 72.8 Å². The number of hydrogen-bond acceptors (Lipinski definition) is 5. The van der Waals surface area contributed by atoms with Gasteiger partial charge in [0.1, 0.15) is 19.0 Å². The summed E-state index contributed by atoms with van der Waals surface area (Å²) in [5.41, 5.74) is 4.88. The summed E-state index contributed by atoms with van der Waals surface area (Å²) in [6, 6.07) is 26.3. The summed E-state index contributed by atoms with van der Waals surface area (Å²) in [5.74, 6) is 2.45. The molecule has 0 aliphatic carbocycles. The first-order valence-electron chi connectivity index (χ1n) is 13.0. The van der Waals surface area contributed by atoms with Crippen LogP contribution >= 0.6 is 11.6 Å². The maximum absolute atomic E-state index is 9.43. The number of benzene rings is 3. The van der Waals surface area contributed by atoms with Crippen LogP contribution in [0.3, 0.4) is 0 Å². The van der Waals surface area contributed by atoms with Crippen molar-refractivity contribution in [2.45, 2.75) is 45.9 Å². The Labute approximate surface area is 229 Å². The second-order valence-corrected chi connectivity index (χ2v) is 9.84. The van der Waals surface area contributed by atoms with Crippen molar-refractivity contribution in [2.24, 2.45) is 0 Å². The van der Waals surface area contributed by atoms with Crippen molar-refractivity contribution in [1.29, 1.82) is 5.26 Å². The highest BCUT2D eigenvalue weighted by atomic mass is 35.5. The second kappa shape index (κ2) is 12.2.